The predicted octanol–water partition coefficient (Wildman–Crippen LogP) is 4.25. The molecule has 4 nitrogen and oxygen atoms in total. The summed E-state index contributed by atoms with van der Waals surface area (Å²) in [5.74, 6) is 0.641. The van der Waals surface area contributed by atoms with Crippen LogP contribution in [0.4, 0.5) is 0 Å². The summed E-state index contributed by atoms with van der Waals surface area (Å²) in [4.78, 5) is 20.3. The summed E-state index contributed by atoms with van der Waals surface area (Å²) < 4.78 is 5.90. The minimum atomic E-state index is -0.0609. The van der Waals surface area contributed by atoms with Crippen molar-refractivity contribution in [1.82, 2.24) is 9.97 Å². The van der Waals surface area contributed by atoms with E-state index < -0.39 is 0 Å². The largest absolute Gasteiger partial charge is 0.456 e. The van der Waals surface area contributed by atoms with Crippen molar-refractivity contribution >= 4 is 27.7 Å². The number of aromatic nitrogens is 2. The van der Waals surface area contributed by atoms with Gasteiger partial charge < -0.3 is 4.42 Å². The van der Waals surface area contributed by atoms with Gasteiger partial charge in [0.1, 0.15) is 17.0 Å². The zero-order chi connectivity index (χ0) is 15.1. The van der Waals surface area contributed by atoms with Crippen LogP contribution >= 0.6 is 0 Å². The monoisotopic (exact) mass is 288 g/mol. The van der Waals surface area contributed by atoms with Gasteiger partial charge in [-0.1, -0.05) is 18.2 Å². The number of hydrogen-bond acceptors (Lipinski definition) is 4. The summed E-state index contributed by atoms with van der Waals surface area (Å²) in [6.45, 7) is 1.51. The SMILES string of the molecule is CC(=O)c1ccc2cncc(-c3cc4ccccc4o3)c2n1. The molecule has 3 aromatic heterocycles. The molecule has 0 aliphatic carbocycles. The third kappa shape index (κ3) is 1.97. The first-order valence-corrected chi connectivity index (χ1v) is 6.97. The fourth-order valence-corrected chi connectivity index (χ4v) is 2.53. The van der Waals surface area contributed by atoms with Crippen LogP contribution in [0, 0.1) is 0 Å². The van der Waals surface area contributed by atoms with E-state index in [1.54, 1.807) is 18.5 Å². The van der Waals surface area contributed by atoms with Gasteiger partial charge in [0.25, 0.3) is 0 Å². The molecule has 0 saturated carbocycles. The Labute approximate surface area is 126 Å². The van der Waals surface area contributed by atoms with Crippen LogP contribution in [0.25, 0.3) is 33.2 Å². The number of rotatable bonds is 2. The van der Waals surface area contributed by atoms with Crippen molar-refractivity contribution in [2.75, 3.05) is 0 Å². The zero-order valence-corrected chi connectivity index (χ0v) is 11.9. The van der Waals surface area contributed by atoms with E-state index in [1.165, 1.54) is 6.92 Å². The number of ketones is 1. The summed E-state index contributed by atoms with van der Waals surface area (Å²) in [6.07, 6.45) is 3.45. The molecule has 0 amide bonds. The molecule has 0 aliphatic heterocycles. The number of fused-ring (bicyclic) bond motifs is 2. The third-order valence-corrected chi connectivity index (χ3v) is 3.65. The van der Waals surface area contributed by atoms with Crippen molar-refractivity contribution in [3.05, 3.63) is 60.6 Å². The molecule has 4 heteroatoms. The van der Waals surface area contributed by atoms with Gasteiger partial charge in [-0.25, -0.2) is 4.98 Å². The first-order valence-electron chi connectivity index (χ1n) is 6.97. The van der Waals surface area contributed by atoms with Gasteiger partial charge in [-0.3, -0.25) is 9.78 Å². The number of para-hydroxylation sites is 1. The average Bonchev–Trinajstić information content (AvgIpc) is 2.97. The minimum absolute atomic E-state index is 0.0609. The lowest BCUT2D eigenvalue weighted by Crippen LogP contribution is -1.97. The first-order chi connectivity index (χ1) is 10.7. The van der Waals surface area contributed by atoms with Gasteiger partial charge in [-0.15, -0.1) is 0 Å². The van der Waals surface area contributed by atoms with Crippen LogP contribution in [0.1, 0.15) is 17.4 Å². The number of benzene rings is 1. The van der Waals surface area contributed by atoms with Crippen molar-refractivity contribution in [2.24, 2.45) is 0 Å². The molecule has 0 atom stereocenters. The summed E-state index contributed by atoms with van der Waals surface area (Å²) in [6, 6.07) is 13.4. The molecular formula is C18H12N2O2. The predicted molar refractivity (Wildman–Crippen MR) is 84.8 cm³/mol. The van der Waals surface area contributed by atoms with E-state index in [0.717, 1.165) is 27.4 Å². The lowest BCUT2D eigenvalue weighted by atomic mass is 10.1. The van der Waals surface area contributed by atoms with Crippen molar-refractivity contribution in [2.45, 2.75) is 6.92 Å². The Morgan fingerprint density at radius 2 is 1.91 bits per heavy atom. The summed E-state index contributed by atoms with van der Waals surface area (Å²) >= 11 is 0. The highest BCUT2D eigenvalue weighted by Crippen LogP contribution is 2.31. The van der Waals surface area contributed by atoms with Crippen molar-refractivity contribution in [3.8, 4) is 11.3 Å². The molecule has 4 aromatic rings. The highest BCUT2D eigenvalue weighted by molar-refractivity contribution is 5.98. The Balaban J connectivity index is 2.00. The van der Waals surface area contributed by atoms with Crippen molar-refractivity contribution in [3.63, 3.8) is 0 Å². The molecule has 0 bridgehead atoms. The molecule has 106 valence electrons. The molecule has 0 saturated heterocycles. The summed E-state index contributed by atoms with van der Waals surface area (Å²) in [5.41, 5.74) is 2.77. The van der Waals surface area contributed by atoms with E-state index >= 15 is 0 Å². The molecular weight excluding hydrogens is 276 g/mol. The van der Waals surface area contributed by atoms with Gasteiger partial charge in [-0.05, 0) is 24.3 Å². The summed E-state index contributed by atoms with van der Waals surface area (Å²) in [5, 5.41) is 1.90. The number of nitrogens with zero attached hydrogens (tertiary/aromatic N) is 2. The Morgan fingerprint density at radius 1 is 1.05 bits per heavy atom. The second-order valence-corrected chi connectivity index (χ2v) is 5.16. The molecule has 0 fully saturated rings. The quantitative estimate of drug-likeness (QED) is 0.517. The van der Waals surface area contributed by atoms with Gasteiger partial charge in [-0.2, -0.15) is 0 Å². The number of Topliss-reactive ketones (excluding diaryl/α,β-unsaturated/α-hetero) is 1. The number of carbonyl (C=O) groups excluding carboxylic acids is 1. The van der Waals surface area contributed by atoms with E-state index in [1.807, 2.05) is 36.4 Å². The van der Waals surface area contributed by atoms with Crippen LogP contribution in [-0.2, 0) is 0 Å². The van der Waals surface area contributed by atoms with Crippen LogP contribution in [0.15, 0.2) is 59.3 Å². The maximum atomic E-state index is 11.6. The minimum Gasteiger partial charge on any atom is -0.456 e. The zero-order valence-electron chi connectivity index (χ0n) is 11.9. The summed E-state index contributed by atoms with van der Waals surface area (Å²) in [7, 11) is 0. The van der Waals surface area contributed by atoms with E-state index in [4.69, 9.17) is 4.42 Å². The van der Waals surface area contributed by atoms with Crippen LogP contribution in [-0.4, -0.2) is 15.8 Å². The Kier molecular flexibility index (Phi) is 2.76. The molecule has 0 radical (unpaired) electrons. The Bertz CT molecular complexity index is 985. The van der Waals surface area contributed by atoms with E-state index in [2.05, 4.69) is 9.97 Å². The number of hydrogen-bond donors (Lipinski definition) is 0. The Morgan fingerprint density at radius 3 is 2.73 bits per heavy atom. The molecule has 0 N–H and O–H groups in total. The van der Waals surface area contributed by atoms with Gasteiger partial charge in [0.05, 0.1) is 11.1 Å². The Hall–Kier alpha value is -3.01. The van der Waals surface area contributed by atoms with Crippen molar-refractivity contribution < 1.29 is 9.21 Å². The second kappa shape index (κ2) is 4.77. The third-order valence-electron chi connectivity index (χ3n) is 3.65. The fraction of sp³-hybridized carbons (Fsp3) is 0.0556. The first kappa shape index (κ1) is 12.7. The molecule has 3 heterocycles. The maximum Gasteiger partial charge on any atom is 0.178 e. The molecule has 22 heavy (non-hydrogen) atoms. The van der Waals surface area contributed by atoms with Crippen LogP contribution < -0.4 is 0 Å². The normalized spacial score (nSPS) is 11.1. The number of carbonyl (C=O) groups is 1. The lowest BCUT2D eigenvalue weighted by molar-refractivity contribution is 0.101. The lowest BCUT2D eigenvalue weighted by Gasteiger charge is -2.04. The molecule has 0 spiro atoms. The highest BCUT2D eigenvalue weighted by Gasteiger charge is 2.12. The molecule has 1 aromatic carbocycles. The highest BCUT2D eigenvalue weighted by atomic mass is 16.3. The number of furan rings is 1. The van der Waals surface area contributed by atoms with Crippen LogP contribution in [0.3, 0.4) is 0 Å². The maximum absolute atomic E-state index is 11.6. The van der Waals surface area contributed by atoms with E-state index in [-0.39, 0.29) is 5.78 Å². The number of pyridine rings is 2. The molecule has 4 rings (SSSR count). The second-order valence-electron chi connectivity index (χ2n) is 5.16. The average molecular weight is 288 g/mol. The van der Waals surface area contributed by atoms with E-state index in [9.17, 15) is 4.79 Å². The smallest absolute Gasteiger partial charge is 0.178 e. The van der Waals surface area contributed by atoms with Gasteiger partial charge in [0.15, 0.2) is 5.78 Å². The van der Waals surface area contributed by atoms with E-state index in [0.29, 0.717) is 11.5 Å². The van der Waals surface area contributed by atoms with Crippen LogP contribution in [0.5, 0.6) is 0 Å². The molecule has 0 aliphatic rings. The topological polar surface area (TPSA) is 56.0 Å². The fourth-order valence-electron chi connectivity index (χ4n) is 2.53. The molecule has 0 unspecified atom stereocenters. The van der Waals surface area contributed by atoms with Gasteiger partial charge in [0, 0.05) is 30.1 Å². The van der Waals surface area contributed by atoms with Crippen molar-refractivity contribution in [1.29, 1.82) is 0 Å². The van der Waals surface area contributed by atoms with Gasteiger partial charge >= 0.3 is 0 Å². The standard InChI is InChI=1S/C18H12N2O2/c1-11(21)15-7-6-13-9-19-10-14(18(13)20-15)17-8-12-4-2-3-5-16(12)22-17/h2-10H,1H3. The van der Waals surface area contributed by atoms with Gasteiger partial charge in [0.2, 0.25) is 0 Å². The van der Waals surface area contributed by atoms with Crippen LogP contribution in [0.2, 0.25) is 0 Å².